The van der Waals surface area contributed by atoms with Crippen LogP contribution >= 0.6 is 0 Å². The van der Waals surface area contributed by atoms with Crippen molar-refractivity contribution in [3.63, 3.8) is 0 Å². The molecule has 0 heterocycles. The number of hydrogen-bond donors (Lipinski definition) is 3. The topological polar surface area (TPSA) is 70.2 Å². The van der Waals surface area contributed by atoms with Crippen molar-refractivity contribution in [1.82, 2.24) is 0 Å². The Labute approximate surface area is 161 Å². The van der Waals surface area contributed by atoms with Gasteiger partial charge >= 0.3 is 0 Å². The fraction of sp³-hybridized carbons (Fsp3) is 0.364. The first kappa shape index (κ1) is 20.5. The molecule has 0 aliphatic heterocycles. The maximum absolute atomic E-state index is 12.4. The standard InChI is InChI=1S/C22H29N3O2/c1-14(2)19-10-7-11-20(15(3)4)22(19)23-13-21(27)25-18-9-6-8-17(12-18)24-16(5)26/h6-12,14-15,23H,13H2,1-5H3,(H,24,26)(H,25,27). The summed E-state index contributed by atoms with van der Waals surface area (Å²) in [6.45, 7) is 10.2. The highest BCUT2D eigenvalue weighted by Gasteiger charge is 2.14. The van der Waals surface area contributed by atoms with E-state index >= 15 is 0 Å². The largest absolute Gasteiger partial charge is 0.376 e. The molecule has 0 saturated heterocycles. The molecule has 0 bridgehead atoms. The Bertz CT molecular complexity index is 787. The molecular formula is C22H29N3O2. The lowest BCUT2D eigenvalue weighted by Gasteiger charge is -2.20. The van der Waals surface area contributed by atoms with E-state index < -0.39 is 0 Å². The Morgan fingerprint density at radius 3 is 1.89 bits per heavy atom. The third kappa shape index (κ3) is 5.84. The van der Waals surface area contributed by atoms with E-state index in [0.717, 1.165) is 5.69 Å². The first-order valence-corrected chi connectivity index (χ1v) is 9.32. The van der Waals surface area contributed by atoms with Crippen molar-refractivity contribution in [2.75, 3.05) is 22.5 Å². The summed E-state index contributed by atoms with van der Waals surface area (Å²) < 4.78 is 0. The maximum Gasteiger partial charge on any atom is 0.243 e. The normalized spacial score (nSPS) is 10.8. The van der Waals surface area contributed by atoms with Gasteiger partial charge in [0.05, 0.1) is 6.54 Å². The molecule has 0 aliphatic carbocycles. The van der Waals surface area contributed by atoms with Crippen LogP contribution in [-0.4, -0.2) is 18.4 Å². The van der Waals surface area contributed by atoms with E-state index in [2.05, 4.69) is 61.8 Å². The summed E-state index contributed by atoms with van der Waals surface area (Å²) in [5.41, 5.74) is 4.77. The molecule has 0 unspecified atom stereocenters. The summed E-state index contributed by atoms with van der Waals surface area (Å²) in [5, 5.41) is 8.91. The monoisotopic (exact) mass is 367 g/mol. The number of hydrogen-bond acceptors (Lipinski definition) is 3. The van der Waals surface area contributed by atoms with Gasteiger partial charge in [-0.2, -0.15) is 0 Å². The van der Waals surface area contributed by atoms with Crippen molar-refractivity contribution in [3.8, 4) is 0 Å². The minimum Gasteiger partial charge on any atom is -0.376 e. The highest BCUT2D eigenvalue weighted by atomic mass is 16.2. The molecule has 0 spiro atoms. The molecule has 0 aromatic heterocycles. The summed E-state index contributed by atoms with van der Waals surface area (Å²) in [4.78, 5) is 23.6. The first-order valence-electron chi connectivity index (χ1n) is 9.32. The summed E-state index contributed by atoms with van der Waals surface area (Å²) in [7, 11) is 0. The van der Waals surface area contributed by atoms with Gasteiger partial charge in [0.15, 0.2) is 0 Å². The number of benzene rings is 2. The van der Waals surface area contributed by atoms with Crippen molar-refractivity contribution in [2.45, 2.75) is 46.5 Å². The number of rotatable bonds is 7. The molecule has 5 heteroatoms. The summed E-state index contributed by atoms with van der Waals surface area (Å²) in [6, 6.07) is 13.4. The third-order valence-electron chi connectivity index (χ3n) is 4.27. The van der Waals surface area contributed by atoms with Gasteiger partial charge in [-0.15, -0.1) is 0 Å². The Balaban J connectivity index is 2.09. The van der Waals surface area contributed by atoms with Crippen LogP contribution in [0.15, 0.2) is 42.5 Å². The van der Waals surface area contributed by atoms with Crippen molar-refractivity contribution in [1.29, 1.82) is 0 Å². The number of carbonyl (C=O) groups excluding carboxylic acids is 2. The minimum atomic E-state index is -0.147. The van der Waals surface area contributed by atoms with Crippen LogP contribution in [0.25, 0.3) is 0 Å². The molecule has 2 amide bonds. The van der Waals surface area contributed by atoms with Gasteiger partial charge in [-0.25, -0.2) is 0 Å². The zero-order chi connectivity index (χ0) is 20.0. The lowest BCUT2D eigenvalue weighted by molar-refractivity contribution is -0.115. The molecule has 0 saturated carbocycles. The number of amides is 2. The predicted molar refractivity (Wildman–Crippen MR) is 112 cm³/mol. The molecule has 0 fully saturated rings. The van der Waals surface area contributed by atoms with E-state index in [1.807, 2.05) is 0 Å². The fourth-order valence-electron chi connectivity index (χ4n) is 3.01. The van der Waals surface area contributed by atoms with Gasteiger partial charge in [0.1, 0.15) is 0 Å². The second-order valence-electron chi connectivity index (χ2n) is 7.28. The van der Waals surface area contributed by atoms with E-state index in [1.54, 1.807) is 24.3 Å². The fourth-order valence-corrected chi connectivity index (χ4v) is 3.01. The number of para-hydroxylation sites is 1. The Morgan fingerprint density at radius 1 is 0.852 bits per heavy atom. The SMILES string of the molecule is CC(=O)Nc1cccc(NC(=O)CNc2c(C(C)C)cccc2C(C)C)c1. The van der Waals surface area contributed by atoms with E-state index in [0.29, 0.717) is 23.2 Å². The van der Waals surface area contributed by atoms with Crippen molar-refractivity contribution < 1.29 is 9.59 Å². The molecule has 5 nitrogen and oxygen atoms in total. The van der Waals surface area contributed by atoms with Gasteiger partial charge in [-0.05, 0) is 41.2 Å². The summed E-state index contributed by atoms with van der Waals surface area (Å²) in [5.74, 6) is 0.446. The maximum atomic E-state index is 12.4. The molecule has 2 aromatic rings. The van der Waals surface area contributed by atoms with E-state index in [-0.39, 0.29) is 18.4 Å². The smallest absolute Gasteiger partial charge is 0.243 e. The average molecular weight is 367 g/mol. The first-order chi connectivity index (χ1) is 12.8. The zero-order valence-electron chi connectivity index (χ0n) is 16.7. The number of carbonyl (C=O) groups is 2. The minimum absolute atomic E-state index is 0.136. The van der Waals surface area contributed by atoms with Gasteiger partial charge in [0, 0.05) is 24.0 Å². The van der Waals surface area contributed by atoms with Crippen molar-refractivity contribution >= 4 is 28.9 Å². The molecule has 3 N–H and O–H groups in total. The van der Waals surface area contributed by atoms with E-state index in [4.69, 9.17) is 0 Å². The van der Waals surface area contributed by atoms with Crippen LogP contribution < -0.4 is 16.0 Å². The van der Waals surface area contributed by atoms with Crippen LogP contribution in [0.2, 0.25) is 0 Å². The van der Waals surface area contributed by atoms with Gasteiger partial charge in [0.25, 0.3) is 0 Å². The predicted octanol–water partition coefficient (Wildman–Crippen LogP) is 4.94. The average Bonchev–Trinajstić information content (AvgIpc) is 2.59. The third-order valence-corrected chi connectivity index (χ3v) is 4.27. The Morgan fingerprint density at radius 2 is 1.37 bits per heavy atom. The molecule has 27 heavy (non-hydrogen) atoms. The molecule has 2 aromatic carbocycles. The Kier molecular flexibility index (Phi) is 6.99. The Hall–Kier alpha value is -2.82. The van der Waals surface area contributed by atoms with Crippen molar-refractivity contribution in [2.24, 2.45) is 0 Å². The van der Waals surface area contributed by atoms with Crippen LogP contribution in [0.4, 0.5) is 17.1 Å². The quantitative estimate of drug-likeness (QED) is 0.649. The number of anilines is 3. The zero-order valence-corrected chi connectivity index (χ0v) is 16.7. The molecule has 0 radical (unpaired) electrons. The second kappa shape index (κ2) is 9.21. The van der Waals surface area contributed by atoms with E-state index in [1.165, 1.54) is 18.1 Å². The highest BCUT2D eigenvalue weighted by molar-refractivity contribution is 5.95. The van der Waals surface area contributed by atoms with Gasteiger partial charge in [-0.3, -0.25) is 9.59 Å². The highest BCUT2D eigenvalue weighted by Crippen LogP contribution is 2.32. The van der Waals surface area contributed by atoms with Crippen LogP contribution in [0, 0.1) is 0 Å². The lowest BCUT2D eigenvalue weighted by atomic mass is 9.92. The van der Waals surface area contributed by atoms with Gasteiger partial charge in [0.2, 0.25) is 11.8 Å². The molecule has 144 valence electrons. The van der Waals surface area contributed by atoms with Crippen LogP contribution in [0.5, 0.6) is 0 Å². The molecular weight excluding hydrogens is 338 g/mol. The van der Waals surface area contributed by atoms with E-state index in [9.17, 15) is 9.59 Å². The summed E-state index contributed by atoms with van der Waals surface area (Å²) >= 11 is 0. The van der Waals surface area contributed by atoms with Crippen LogP contribution in [-0.2, 0) is 9.59 Å². The number of nitrogens with one attached hydrogen (secondary N) is 3. The second-order valence-corrected chi connectivity index (χ2v) is 7.28. The molecule has 0 aliphatic rings. The summed E-state index contributed by atoms with van der Waals surface area (Å²) in [6.07, 6.45) is 0. The van der Waals surface area contributed by atoms with Gasteiger partial charge in [-0.1, -0.05) is 52.0 Å². The molecule has 2 rings (SSSR count). The van der Waals surface area contributed by atoms with Gasteiger partial charge < -0.3 is 16.0 Å². The van der Waals surface area contributed by atoms with Crippen LogP contribution in [0.1, 0.15) is 57.6 Å². The van der Waals surface area contributed by atoms with Crippen molar-refractivity contribution in [3.05, 3.63) is 53.6 Å². The van der Waals surface area contributed by atoms with Crippen LogP contribution in [0.3, 0.4) is 0 Å². The molecule has 0 atom stereocenters. The lowest BCUT2D eigenvalue weighted by Crippen LogP contribution is -2.23.